The Labute approximate surface area is 135 Å². The van der Waals surface area contributed by atoms with Crippen LogP contribution in [0.15, 0.2) is 24.3 Å². The molecule has 0 spiro atoms. The predicted octanol–water partition coefficient (Wildman–Crippen LogP) is 0.981. The molecular formula is C17H20N2O4. The third-order valence-corrected chi connectivity index (χ3v) is 4.26. The molecule has 0 aromatic heterocycles. The summed E-state index contributed by atoms with van der Waals surface area (Å²) in [6.45, 7) is 3.56. The molecule has 2 aliphatic heterocycles. The van der Waals surface area contributed by atoms with E-state index in [4.69, 9.17) is 4.74 Å². The summed E-state index contributed by atoms with van der Waals surface area (Å²) < 4.78 is 5.50. The van der Waals surface area contributed by atoms with E-state index in [1.807, 2.05) is 31.2 Å². The number of aryl methyl sites for hydroxylation is 1. The molecule has 3 rings (SSSR count). The summed E-state index contributed by atoms with van der Waals surface area (Å²) in [7, 11) is 0. The highest BCUT2D eigenvalue weighted by Gasteiger charge is 2.36. The zero-order valence-electron chi connectivity index (χ0n) is 13.2. The van der Waals surface area contributed by atoms with Gasteiger partial charge >= 0.3 is 0 Å². The van der Waals surface area contributed by atoms with E-state index >= 15 is 0 Å². The van der Waals surface area contributed by atoms with Gasteiger partial charge < -0.3 is 9.64 Å². The molecule has 0 bridgehead atoms. The second-order valence-corrected chi connectivity index (χ2v) is 6.17. The van der Waals surface area contributed by atoms with E-state index in [0.717, 1.165) is 5.56 Å². The molecule has 6 nitrogen and oxygen atoms in total. The minimum Gasteiger partial charge on any atom is -0.484 e. The van der Waals surface area contributed by atoms with E-state index in [1.54, 1.807) is 4.90 Å². The van der Waals surface area contributed by atoms with Gasteiger partial charge in [-0.1, -0.05) is 12.1 Å². The average Bonchev–Trinajstić information content (AvgIpc) is 2.79. The molecule has 1 aromatic carbocycles. The number of carbonyl (C=O) groups excluding carboxylic acids is 3. The zero-order chi connectivity index (χ0) is 16.4. The Kier molecular flexibility index (Phi) is 4.32. The average molecular weight is 316 g/mol. The molecule has 2 saturated heterocycles. The van der Waals surface area contributed by atoms with Crippen LogP contribution in [0, 0.1) is 12.8 Å². The largest absolute Gasteiger partial charge is 0.484 e. The van der Waals surface area contributed by atoms with E-state index in [2.05, 4.69) is 0 Å². The van der Waals surface area contributed by atoms with Crippen molar-refractivity contribution in [2.75, 3.05) is 26.2 Å². The van der Waals surface area contributed by atoms with E-state index in [1.165, 1.54) is 4.90 Å². The highest BCUT2D eigenvalue weighted by atomic mass is 16.5. The maximum absolute atomic E-state index is 12.0. The van der Waals surface area contributed by atoms with Crippen LogP contribution in [-0.2, 0) is 14.4 Å². The van der Waals surface area contributed by atoms with Crippen LogP contribution < -0.4 is 4.74 Å². The first-order valence-corrected chi connectivity index (χ1v) is 7.83. The summed E-state index contributed by atoms with van der Waals surface area (Å²) in [5.41, 5.74) is 1.08. The van der Waals surface area contributed by atoms with Crippen molar-refractivity contribution in [3.8, 4) is 5.75 Å². The van der Waals surface area contributed by atoms with Gasteiger partial charge in [0.05, 0.1) is 0 Å². The van der Waals surface area contributed by atoms with Gasteiger partial charge in [-0.05, 0) is 24.6 Å². The Bertz CT molecular complexity index is 621. The summed E-state index contributed by atoms with van der Waals surface area (Å²) in [6, 6.07) is 7.56. The van der Waals surface area contributed by atoms with Crippen molar-refractivity contribution in [1.82, 2.24) is 9.80 Å². The Morgan fingerprint density at radius 1 is 1.22 bits per heavy atom. The normalized spacial score (nSPS) is 18.3. The predicted molar refractivity (Wildman–Crippen MR) is 82.7 cm³/mol. The van der Waals surface area contributed by atoms with Gasteiger partial charge in [0.15, 0.2) is 6.61 Å². The first-order chi connectivity index (χ1) is 11.0. The van der Waals surface area contributed by atoms with Crippen LogP contribution in [0.3, 0.4) is 0 Å². The number of imide groups is 1. The molecular weight excluding hydrogens is 296 g/mol. The molecule has 2 aliphatic rings. The highest BCUT2D eigenvalue weighted by molar-refractivity contribution is 6.01. The Morgan fingerprint density at radius 2 is 1.91 bits per heavy atom. The molecule has 2 heterocycles. The smallest absolute Gasteiger partial charge is 0.260 e. The third kappa shape index (κ3) is 3.52. The fourth-order valence-corrected chi connectivity index (χ4v) is 2.92. The summed E-state index contributed by atoms with van der Waals surface area (Å²) in [6.07, 6.45) is 0.636. The lowest BCUT2D eigenvalue weighted by Crippen LogP contribution is -2.55. The molecule has 0 unspecified atom stereocenters. The topological polar surface area (TPSA) is 66.9 Å². The van der Waals surface area contributed by atoms with Crippen molar-refractivity contribution >= 4 is 17.7 Å². The van der Waals surface area contributed by atoms with Crippen LogP contribution in [0.4, 0.5) is 0 Å². The Morgan fingerprint density at radius 3 is 2.57 bits per heavy atom. The number of nitrogens with zero attached hydrogens (tertiary/aromatic N) is 2. The monoisotopic (exact) mass is 316 g/mol. The quantitative estimate of drug-likeness (QED) is 0.760. The van der Waals surface area contributed by atoms with Gasteiger partial charge in [-0.15, -0.1) is 0 Å². The maximum atomic E-state index is 12.0. The summed E-state index contributed by atoms with van der Waals surface area (Å²) in [5.74, 6) is 0.611. The van der Waals surface area contributed by atoms with Gasteiger partial charge in [0.25, 0.3) is 5.91 Å². The minimum atomic E-state index is -0.0949. The summed E-state index contributed by atoms with van der Waals surface area (Å²) in [5, 5.41) is 0. The molecule has 0 saturated carbocycles. The van der Waals surface area contributed by atoms with Crippen LogP contribution in [-0.4, -0.2) is 53.8 Å². The second-order valence-electron chi connectivity index (χ2n) is 6.17. The van der Waals surface area contributed by atoms with Crippen molar-refractivity contribution < 1.29 is 19.1 Å². The SMILES string of the molecule is Cc1cccc(OCC(=O)N2CC(CN3C(=O)CCC3=O)C2)c1. The molecule has 0 N–H and O–H groups in total. The Hall–Kier alpha value is -2.37. The lowest BCUT2D eigenvalue weighted by Gasteiger charge is -2.40. The van der Waals surface area contributed by atoms with Gasteiger partial charge in [-0.2, -0.15) is 0 Å². The number of carbonyl (C=O) groups is 3. The zero-order valence-corrected chi connectivity index (χ0v) is 13.2. The van der Waals surface area contributed by atoms with Crippen molar-refractivity contribution in [2.24, 2.45) is 5.92 Å². The van der Waals surface area contributed by atoms with Gasteiger partial charge in [0.1, 0.15) is 5.75 Å². The van der Waals surface area contributed by atoms with E-state index in [9.17, 15) is 14.4 Å². The molecule has 122 valence electrons. The number of likely N-dealkylation sites (tertiary alicyclic amines) is 2. The van der Waals surface area contributed by atoms with E-state index < -0.39 is 0 Å². The molecule has 23 heavy (non-hydrogen) atoms. The van der Waals surface area contributed by atoms with Crippen LogP contribution >= 0.6 is 0 Å². The van der Waals surface area contributed by atoms with Crippen molar-refractivity contribution in [1.29, 1.82) is 0 Å². The third-order valence-electron chi connectivity index (χ3n) is 4.26. The number of hydrogen-bond acceptors (Lipinski definition) is 4. The maximum Gasteiger partial charge on any atom is 0.260 e. The van der Waals surface area contributed by atoms with Crippen LogP contribution in [0.1, 0.15) is 18.4 Å². The van der Waals surface area contributed by atoms with Crippen molar-refractivity contribution in [3.63, 3.8) is 0 Å². The van der Waals surface area contributed by atoms with Crippen molar-refractivity contribution in [3.05, 3.63) is 29.8 Å². The fraction of sp³-hybridized carbons (Fsp3) is 0.471. The first-order valence-electron chi connectivity index (χ1n) is 7.83. The number of ether oxygens (including phenoxy) is 1. The number of rotatable bonds is 5. The van der Waals surface area contributed by atoms with Gasteiger partial charge in [-0.25, -0.2) is 0 Å². The highest BCUT2D eigenvalue weighted by Crippen LogP contribution is 2.21. The van der Waals surface area contributed by atoms with Crippen LogP contribution in [0.25, 0.3) is 0 Å². The van der Waals surface area contributed by atoms with Crippen molar-refractivity contribution in [2.45, 2.75) is 19.8 Å². The van der Waals surface area contributed by atoms with E-state index in [0.29, 0.717) is 38.2 Å². The molecule has 2 fully saturated rings. The molecule has 0 radical (unpaired) electrons. The lowest BCUT2D eigenvalue weighted by molar-refractivity contribution is -0.143. The number of amides is 3. The minimum absolute atomic E-state index is 0.0117. The van der Waals surface area contributed by atoms with Crippen LogP contribution in [0.5, 0.6) is 5.75 Å². The molecule has 0 aliphatic carbocycles. The van der Waals surface area contributed by atoms with Gasteiger partial charge in [-0.3, -0.25) is 19.3 Å². The first kappa shape index (κ1) is 15.5. The number of hydrogen-bond donors (Lipinski definition) is 0. The number of benzene rings is 1. The lowest BCUT2D eigenvalue weighted by atomic mass is 9.99. The molecule has 6 heteroatoms. The van der Waals surface area contributed by atoms with Crippen LogP contribution in [0.2, 0.25) is 0 Å². The Balaban J connectivity index is 1.41. The standard InChI is InChI=1S/C17H20N2O4/c1-12-3-2-4-14(7-12)23-11-17(22)18-8-13(9-18)10-19-15(20)5-6-16(19)21/h2-4,7,13H,5-6,8-11H2,1H3. The summed E-state index contributed by atoms with van der Waals surface area (Å²) >= 11 is 0. The van der Waals surface area contributed by atoms with Gasteiger partial charge in [0, 0.05) is 38.4 Å². The fourth-order valence-electron chi connectivity index (χ4n) is 2.92. The molecule has 3 amide bonds. The van der Waals surface area contributed by atoms with E-state index in [-0.39, 0.29) is 30.2 Å². The molecule has 0 atom stereocenters. The summed E-state index contributed by atoms with van der Waals surface area (Å²) in [4.78, 5) is 38.2. The molecule has 1 aromatic rings. The van der Waals surface area contributed by atoms with Gasteiger partial charge in [0.2, 0.25) is 11.8 Å². The second kappa shape index (κ2) is 6.40.